The van der Waals surface area contributed by atoms with Gasteiger partial charge in [0.2, 0.25) is 0 Å². The molecule has 0 unspecified atom stereocenters. The van der Waals surface area contributed by atoms with E-state index in [1.807, 2.05) is 60.7 Å². The van der Waals surface area contributed by atoms with Crippen LogP contribution >= 0.6 is 0 Å². The third kappa shape index (κ3) is 8.81. The number of carbonyl (C=O) groups excluding carboxylic acids is 4. The maximum atomic E-state index is 14.7. The van der Waals surface area contributed by atoms with Crippen molar-refractivity contribution in [3.05, 3.63) is 107 Å². The number of imide groups is 2. The Hall–Kier alpha value is -6.68. The highest BCUT2D eigenvalue weighted by atomic mass is 16.5. The number of ether oxygens (including phenoxy) is 4. The van der Waals surface area contributed by atoms with Crippen molar-refractivity contribution in [2.75, 3.05) is 26.3 Å². The van der Waals surface area contributed by atoms with Crippen LogP contribution in [-0.2, 0) is 0 Å². The molecule has 0 atom stereocenters. The van der Waals surface area contributed by atoms with Crippen molar-refractivity contribution < 1.29 is 38.1 Å². The zero-order valence-corrected chi connectivity index (χ0v) is 40.0. The van der Waals surface area contributed by atoms with Crippen LogP contribution < -0.4 is 18.9 Å². The molecule has 0 aromatic heterocycles. The monoisotopic (exact) mass is 914 g/mol. The highest BCUT2D eigenvalue weighted by molar-refractivity contribution is 6.43. The van der Waals surface area contributed by atoms with Crippen molar-refractivity contribution >= 4 is 66.7 Å². The van der Waals surface area contributed by atoms with E-state index in [-0.39, 0.29) is 23.6 Å². The summed E-state index contributed by atoms with van der Waals surface area (Å²) >= 11 is 0. The van der Waals surface area contributed by atoms with Gasteiger partial charge in [0, 0.05) is 56.5 Å². The van der Waals surface area contributed by atoms with Crippen molar-refractivity contribution in [1.29, 1.82) is 0 Å². The fourth-order valence-corrected chi connectivity index (χ4v) is 10.00. The van der Waals surface area contributed by atoms with Crippen molar-refractivity contribution in [3.8, 4) is 34.5 Å². The summed E-state index contributed by atoms with van der Waals surface area (Å²) in [5, 5.41) is 5.12. The topological polar surface area (TPSA) is 112 Å². The number of carbonyl (C=O) groups is 4. The summed E-state index contributed by atoms with van der Waals surface area (Å²) in [4.78, 5) is 61.0. The Morgan fingerprint density at radius 3 is 1.09 bits per heavy atom. The zero-order chi connectivity index (χ0) is 47.3. The van der Waals surface area contributed by atoms with Crippen molar-refractivity contribution in [2.24, 2.45) is 0 Å². The largest absolute Gasteiger partial charge is 0.494 e. The highest BCUT2D eigenvalue weighted by Crippen LogP contribution is 2.53. The highest BCUT2D eigenvalue weighted by Gasteiger charge is 2.39. The maximum absolute atomic E-state index is 14.7. The summed E-state index contributed by atoms with van der Waals surface area (Å²) in [6.45, 7) is 10.4. The molecule has 7 aromatic carbocycles. The molecule has 0 bridgehead atoms. The van der Waals surface area contributed by atoms with Crippen molar-refractivity contribution in [2.45, 2.75) is 118 Å². The van der Waals surface area contributed by atoms with Gasteiger partial charge >= 0.3 is 0 Å². The van der Waals surface area contributed by atoms with Gasteiger partial charge in [-0.3, -0.25) is 29.0 Å². The minimum absolute atomic E-state index is 0.304. The van der Waals surface area contributed by atoms with Gasteiger partial charge in [-0.1, -0.05) is 104 Å². The third-order valence-electron chi connectivity index (χ3n) is 13.5. The van der Waals surface area contributed by atoms with E-state index in [2.05, 4.69) is 27.7 Å². The Bertz CT molecular complexity index is 2790. The summed E-state index contributed by atoms with van der Waals surface area (Å²) < 4.78 is 25.9. The van der Waals surface area contributed by atoms with Crippen LogP contribution in [0.5, 0.6) is 34.5 Å². The molecule has 9 rings (SSSR count). The van der Waals surface area contributed by atoms with Gasteiger partial charge in [0.1, 0.15) is 34.5 Å². The Morgan fingerprint density at radius 1 is 0.353 bits per heavy atom. The van der Waals surface area contributed by atoms with Crippen LogP contribution in [0.2, 0.25) is 0 Å². The number of nitrogens with zero attached hydrogens (tertiary/aromatic N) is 2. The molecule has 0 N–H and O–H groups in total. The van der Waals surface area contributed by atoms with Crippen LogP contribution in [0.1, 0.15) is 159 Å². The zero-order valence-electron chi connectivity index (χ0n) is 40.0. The molecular formula is C58H62N2O8. The molecule has 0 radical (unpaired) electrons. The minimum atomic E-state index is -0.376. The van der Waals surface area contributed by atoms with E-state index in [4.69, 9.17) is 18.9 Å². The fourth-order valence-electron chi connectivity index (χ4n) is 10.00. The van der Waals surface area contributed by atoms with Gasteiger partial charge in [0.15, 0.2) is 0 Å². The number of amides is 4. The van der Waals surface area contributed by atoms with E-state index in [9.17, 15) is 19.2 Å². The molecule has 2 aliphatic rings. The lowest BCUT2D eigenvalue weighted by Crippen LogP contribution is -2.41. The van der Waals surface area contributed by atoms with E-state index in [1.165, 1.54) is 22.6 Å². The van der Waals surface area contributed by atoms with E-state index < -0.39 is 0 Å². The Kier molecular flexibility index (Phi) is 14.1. The third-order valence-corrected chi connectivity index (χ3v) is 13.5. The number of unbranched alkanes of at least 4 members (excludes halogenated alkanes) is 10. The lowest BCUT2D eigenvalue weighted by atomic mass is 9.81. The standard InChI is InChI=1S/C58H62N2O8/c1-5-9-13-17-33-65-37-19-23-39(24-20-37)67-47-35-45-49-43(55(61)59(57(45)63)31-15-11-7-3)30-28-42-52-48(68-40-25-21-38(22-26-40)66-34-18-14-10-6-2)36-46-50-44(29-27-41(54(50)52)51(47)53(42)49)56(62)60(58(46)64)32-16-12-8-4/h19-30,35-36H,5-18,31-34H2,1-4H3. The first kappa shape index (κ1) is 46.4. The molecule has 7 aromatic rings. The quantitative estimate of drug-likeness (QED) is 0.0255. The van der Waals surface area contributed by atoms with Crippen LogP contribution in [0.15, 0.2) is 84.9 Å². The Morgan fingerprint density at radius 2 is 0.706 bits per heavy atom. The summed E-state index contributed by atoms with van der Waals surface area (Å²) in [7, 11) is 0. The summed E-state index contributed by atoms with van der Waals surface area (Å²) in [6.07, 6.45) is 13.9. The number of rotatable bonds is 24. The van der Waals surface area contributed by atoms with Gasteiger partial charge in [0.05, 0.1) is 24.3 Å². The van der Waals surface area contributed by atoms with Crippen LogP contribution in [0, 0.1) is 0 Å². The summed E-state index contributed by atoms with van der Waals surface area (Å²) in [6, 6.07) is 25.9. The first-order valence-corrected chi connectivity index (χ1v) is 25.1. The van der Waals surface area contributed by atoms with Crippen LogP contribution in [0.4, 0.5) is 0 Å². The van der Waals surface area contributed by atoms with E-state index in [1.54, 1.807) is 24.3 Å². The lowest BCUT2D eigenvalue weighted by molar-refractivity contribution is 0.0592. The maximum Gasteiger partial charge on any atom is 0.261 e. The second-order valence-electron chi connectivity index (χ2n) is 18.3. The molecule has 0 aliphatic carbocycles. The molecule has 2 heterocycles. The molecule has 0 saturated carbocycles. The molecule has 4 amide bonds. The average molecular weight is 915 g/mol. The molecule has 0 saturated heterocycles. The fraction of sp³-hybridized carbons (Fsp3) is 0.379. The second kappa shape index (κ2) is 20.7. The molecule has 10 heteroatoms. The van der Waals surface area contributed by atoms with Gasteiger partial charge in [-0.15, -0.1) is 0 Å². The smallest absolute Gasteiger partial charge is 0.261 e. The number of hydrogen-bond donors (Lipinski definition) is 0. The van der Waals surface area contributed by atoms with E-state index >= 15 is 0 Å². The van der Waals surface area contributed by atoms with Gasteiger partial charge in [-0.05, 0) is 109 Å². The lowest BCUT2D eigenvalue weighted by Gasteiger charge is -2.31. The summed E-state index contributed by atoms with van der Waals surface area (Å²) in [5.41, 5.74) is 1.60. The number of benzene rings is 7. The predicted octanol–water partition coefficient (Wildman–Crippen LogP) is 14.8. The minimum Gasteiger partial charge on any atom is -0.494 e. The molecule has 352 valence electrons. The van der Waals surface area contributed by atoms with Crippen LogP contribution in [0.25, 0.3) is 43.1 Å². The summed E-state index contributed by atoms with van der Waals surface area (Å²) in [5.74, 6) is 1.91. The molecule has 10 nitrogen and oxygen atoms in total. The molecular weight excluding hydrogens is 853 g/mol. The molecule has 0 spiro atoms. The predicted molar refractivity (Wildman–Crippen MR) is 270 cm³/mol. The first-order valence-electron chi connectivity index (χ1n) is 25.1. The van der Waals surface area contributed by atoms with Crippen LogP contribution in [-0.4, -0.2) is 59.7 Å². The normalized spacial score (nSPS) is 13.5. The van der Waals surface area contributed by atoms with Crippen molar-refractivity contribution in [1.82, 2.24) is 9.80 Å². The van der Waals surface area contributed by atoms with Gasteiger partial charge in [-0.2, -0.15) is 0 Å². The van der Waals surface area contributed by atoms with Crippen molar-refractivity contribution in [3.63, 3.8) is 0 Å². The van der Waals surface area contributed by atoms with Gasteiger partial charge in [-0.25, -0.2) is 0 Å². The Balaban J connectivity index is 1.25. The van der Waals surface area contributed by atoms with Gasteiger partial charge in [0.25, 0.3) is 23.6 Å². The number of fused-ring (bicyclic) bond motifs is 2. The van der Waals surface area contributed by atoms with E-state index in [0.29, 0.717) is 127 Å². The number of hydrogen-bond acceptors (Lipinski definition) is 8. The Labute approximate surface area is 398 Å². The first-order chi connectivity index (χ1) is 33.3. The SMILES string of the molecule is CCCCCCOc1ccc(Oc2cc3c4c(ccc5c6c(Oc7ccc(OCCCCCC)cc7)cc7c8c(ccc(c2c45)c86)C(=O)N(CCCCC)C7=O)C(=O)N(CCCCC)C3=O)cc1. The van der Waals surface area contributed by atoms with Crippen LogP contribution in [0.3, 0.4) is 0 Å². The van der Waals surface area contributed by atoms with E-state index in [0.717, 1.165) is 75.7 Å². The average Bonchev–Trinajstić information content (AvgIpc) is 3.35. The van der Waals surface area contributed by atoms with Gasteiger partial charge < -0.3 is 18.9 Å². The molecule has 0 fully saturated rings. The molecule has 68 heavy (non-hydrogen) atoms. The molecule has 2 aliphatic heterocycles. The second-order valence-corrected chi connectivity index (χ2v) is 18.3.